The van der Waals surface area contributed by atoms with Crippen molar-refractivity contribution in [1.82, 2.24) is 10.2 Å². The highest BCUT2D eigenvalue weighted by Gasteiger charge is 2.38. The highest BCUT2D eigenvalue weighted by atomic mass is 19.1. The molecule has 2 rings (SSSR count). The highest BCUT2D eigenvalue weighted by Crippen LogP contribution is 2.27. The Morgan fingerprint density at radius 3 is 2.71 bits per heavy atom. The molecule has 1 amide bonds. The van der Waals surface area contributed by atoms with E-state index in [9.17, 15) is 14.3 Å². The van der Waals surface area contributed by atoms with Crippen molar-refractivity contribution in [3.05, 3.63) is 35.6 Å². The van der Waals surface area contributed by atoms with Crippen molar-refractivity contribution in [2.45, 2.75) is 18.6 Å². The molecule has 2 N–H and O–H groups in total. The number of amides is 1. The lowest BCUT2D eigenvalue weighted by Gasteiger charge is -2.33. The summed E-state index contributed by atoms with van der Waals surface area (Å²) in [5, 5.41) is 12.3. The minimum atomic E-state index is -1.47. The fraction of sp³-hybridized carbons (Fsp3) is 0.588. The van der Waals surface area contributed by atoms with Crippen molar-refractivity contribution >= 4 is 5.91 Å². The van der Waals surface area contributed by atoms with Gasteiger partial charge >= 0.3 is 0 Å². The lowest BCUT2D eigenvalue weighted by molar-refractivity contribution is -0.144. The molecule has 0 radical (unpaired) electrons. The van der Waals surface area contributed by atoms with E-state index in [-0.39, 0.29) is 12.2 Å². The molecule has 24 heavy (non-hydrogen) atoms. The number of nitrogens with one attached hydrogen (secondary N) is 1. The van der Waals surface area contributed by atoms with Crippen molar-refractivity contribution < 1.29 is 23.8 Å². The average Bonchev–Trinajstić information content (AvgIpc) is 2.61. The Labute approximate surface area is 141 Å². The Morgan fingerprint density at radius 1 is 1.46 bits per heavy atom. The largest absolute Gasteiger partial charge is 0.394 e. The van der Waals surface area contributed by atoms with E-state index in [1.54, 1.807) is 12.1 Å². The number of aliphatic hydroxyl groups excluding tert-OH is 1. The van der Waals surface area contributed by atoms with E-state index in [0.717, 1.165) is 13.1 Å². The van der Waals surface area contributed by atoms with E-state index in [4.69, 9.17) is 9.47 Å². The number of nitrogens with zero attached hydrogens (tertiary/aromatic N) is 1. The van der Waals surface area contributed by atoms with Crippen molar-refractivity contribution in [2.75, 3.05) is 46.6 Å². The maximum absolute atomic E-state index is 14.1. The van der Waals surface area contributed by atoms with Gasteiger partial charge in [-0.2, -0.15) is 0 Å². The van der Waals surface area contributed by atoms with Gasteiger partial charge in [-0.05, 0) is 13.0 Å². The Hall–Kier alpha value is -1.54. The van der Waals surface area contributed by atoms with E-state index >= 15 is 0 Å². The predicted octanol–water partition coefficient (Wildman–Crippen LogP) is 0.497. The topological polar surface area (TPSA) is 71.0 Å². The number of rotatable bonds is 7. The summed E-state index contributed by atoms with van der Waals surface area (Å²) in [6, 6.07) is 5.56. The molecule has 1 aliphatic rings. The number of carbonyl (C=O) groups is 1. The second-order valence-electron chi connectivity index (χ2n) is 5.98. The summed E-state index contributed by atoms with van der Waals surface area (Å²) in [5.74, 6) is -0.992. The number of halogens is 1. The molecule has 1 fully saturated rings. The summed E-state index contributed by atoms with van der Waals surface area (Å²) in [4.78, 5) is 14.8. The molecule has 1 aromatic rings. The summed E-state index contributed by atoms with van der Waals surface area (Å²) < 4.78 is 24.7. The zero-order chi connectivity index (χ0) is 17.6. The van der Waals surface area contributed by atoms with E-state index in [1.165, 1.54) is 26.2 Å². The number of benzene rings is 1. The first-order chi connectivity index (χ1) is 11.5. The van der Waals surface area contributed by atoms with E-state index < -0.39 is 23.4 Å². The van der Waals surface area contributed by atoms with Gasteiger partial charge in [0.25, 0.3) is 5.91 Å². The second kappa shape index (κ2) is 8.53. The van der Waals surface area contributed by atoms with Crippen LogP contribution in [-0.4, -0.2) is 68.5 Å². The highest BCUT2D eigenvalue weighted by molar-refractivity contribution is 5.86. The van der Waals surface area contributed by atoms with Gasteiger partial charge in [0.2, 0.25) is 0 Å². The minimum Gasteiger partial charge on any atom is -0.394 e. The number of ether oxygens (including phenoxy) is 2. The number of methoxy groups -OCH3 is 1. The van der Waals surface area contributed by atoms with Gasteiger partial charge in [-0.25, -0.2) is 4.39 Å². The van der Waals surface area contributed by atoms with Crippen LogP contribution in [0.2, 0.25) is 0 Å². The molecule has 1 saturated heterocycles. The first-order valence-electron chi connectivity index (χ1n) is 8.03. The summed E-state index contributed by atoms with van der Waals surface area (Å²) >= 11 is 0. The van der Waals surface area contributed by atoms with Gasteiger partial charge in [0.1, 0.15) is 5.82 Å². The van der Waals surface area contributed by atoms with Crippen LogP contribution in [0.15, 0.2) is 24.3 Å². The molecule has 1 aromatic carbocycles. The summed E-state index contributed by atoms with van der Waals surface area (Å²) in [6.07, 6.45) is 0. The van der Waals surface area contributed by atoms with Crippen molar-refractivity contribution in [2.24, 2.45) is 0 Å². The standard InChI is InChI=1S/C17H25FN2O4/c1-17(23-2,14-5-3-4-6-15(14)18)16(22)19-13(12-21)11-20-7-9-24-10-8-20/h3-6,13,21H,7-12H2,1-2H3,(H,19,22)/t13-,17-/m1/s1. The molecule has 0 aliphatic carbocycles. The molecule has 0 aromatic heterocycles. The van der Waals surface area contributed by atoms with E-state index in [1.807, 2.05) is 0 Å². The molecular weight excluding hydrogens is 315 g/mol. The number of hydrogen-bond donors (Lipinski definition) is 2. The summed E-state index contributed by atoms with van der Waals surface area (Å²) in [5.41, 5.74) is -1.31. The van der Waals surface area contributed by atoms with E-state index in [0.29, 0.717) is 19.8 Å². The van der Waals surface area contributed by atoms with Crippen LogP contribution in [0.3, 0.4) is 0 Å². The fourth-order valence-electron chi connectivity index (χ4n) is 2.74. The zero-order valence-electron chi connectivity index (χ0n) is 14.1. The van der Waals surface area contributed by atoms with E-state index in [2.05, 4.69) is 10.2 Å². The first-order valence-corrected chi connectivity index (χ1v) is 8.03. The lowest BCUT2D eigenvalue weighted by atomic mass is 9.93. The maximum Gasteiger partial charge on any atom is 0.257 e. The monoisotopic (exact) mass is 340 g/mol. The molecule has 1 heterocycles. The van der Waals surface area contributed by atoms with Gasteiger partial charge in [-0.15, -0.1) is 0 Å². The smallest absolute Gasteiger partial charge is 0.257 e. The van der Waals surface area contributed by atoms with Gasteiger partial charge in [0.05, 0.1) is 25.9 Å². The molecule has 0 unspecified atom stereocenters. The molecule has 0 bridgehead atoms. The Morgan fingerprint density at radius 2 is 2.12 bits per heavy atom. The molecule has 6 nitrogen and oxygen atoms in total. The molecule has 2 atom stereocenters. The van der Waals surface area contributed by atoms with Gasteiger partial charge < -0.3 is 19.9 Å². The minimum absolute atomic E-state index is 0.160. The van der Waals surface area contributed by atoms with Gasteiger partial charge in [-0.3, -0.25) is 9.69 Å². The second-order valence-corrected chi connectivity index (χ2v) is 5.98. The number of aliphatic hydroxyl groups is 1. The Bertz CT molecular complexity index is 551. The normalized spacial score (nSPS) is 19.5. The molecule has 0 saturated carbocycles. The summed E-state index contributed by atoms with van der Waals surface area (Å²) in [6.45, 7) is 4.59. The van der Waals surface area contributed by atoms with Crippen molar-refractivity contribution in [1.29, 1.82) is 0 Å². The van der Waals surface area contributed by atoms with Crippen LogP contribution in [0.25, 0.3) is 0 Å². The molecule has 1 aliphatic heterocycles. The molecule has 7 heteroatoms. The Balaban J connectivity index is 2.08. The number of hydrogen-bond acceptors (Lipinski definition) is 5. The zero-order valence-corrected chi connectivity index (χ0v) is 14.1. The van der Waals surface area contributed by atoms with Gasteiger partial charge in [0.15, 0.2) is 5.60 Å². The number of carbonyl (C=O) groups excluding carboxylic acids is 1. The molecule has 0 spiro atoms. The van der Waals surface area contributed by atoms with Gasteiger partial charge in [-0.1, -0.05) is 18.2 Å². The molecular formula is C17H25FN2O4. The predicted molar refractivity (Wildman–Crippen MR) is 87.0 cm³/mol. The third-order valence-electron chi connectivity index (χ3n) is 4.37. The Kier molecular flexibility index (Phi) is 6.68. The van der Waals surface area contributed by atoms with Crippen LogP contribution in [0, 0.1) is 5.82 Å². The van der Waals surface area contributed by atoms with Crippen LogP contribution >= 0.6 is 0 Å². The number of morpholine rings is 1. The van der Waals surface area contributed by atoms with Crippen LogP contribution in [0.5, 0.6) is 0 Å². The van der Waals surface area contributed by atoms with Crippen molar-refractivity contribution in [3.8, 4) is 0 Å². The maximum atomic E-state index is 14.1. The average molecular weight is 340 g/mol. The van der Waals surface area contributed by atoms with Crippen LogP contribution in [-0.2, 0) is 19.9 Å². The van der Waals surface area contributed by atoms with Gasteiger partial charge in [0, 0.05) is 32.3 Å². The lowest BCUT2D eigenvalue weighted by Crippen LogP contribution is -2.53. The fourth-order valence-corrected chi connectivity index (χ4v) is 2.74. The molecule has 134 valence electrons. The quantitative estimate of drug-likeness (QED) is 0.756. The van der Waals surface area contributed by atoms with Crippen molar-refractivity contribution in [3.63, 3.8) is 0 Å². The van der Waals surface area contributed by atoms with Crippen LogP contribution in [0.4, 0.5) is 4.39 Å². The summed E-state index contributed by atoms with van der Waals surface area (Å²) in [7, 11) is 1.36. The third kappa shape index (κ3) is 4.30. The third-order valence-corrected chi connectivity index (χ3v) is 4.37. The SMILES string of the molecule is CO[C@@](C)(C(=O)N[C@@H](CO)CN1CCOCC1)c1ccccc1F. The van der Waals surface area contributed by atoms with Crippen LogP contribution in [0.1, 0.15) is 12.5 Å². The first kappa shape index (κ1) is 18.8. The van der Waals surface area contributed by atoms with Crippen LogP contribution < -0.4 is 5.32 Å².